The Morgan fingerprint density at radius 3 is 3.00 bits per heavy atom. The standard InChI is InChI=1S/C17H18N4OS/c1-11-5-6-14-13(8-11)4-3-7-20(14)10-15-19-21-16(22)9-12(2)18-17(21)23-15/h5-6,8-9H,3-4,7,10H2,1-2H3. The molecule has 5 nitrogen and oxygen atoms in total. The third kappa shape index (κ3) is 2.63. The second kappa shape index (κ2) is 5.45. The highest BCUT2D eigenvalue weighted by atomic mass is 32.1. The molecule has 0 bridgehead atoms. The minimum atomic E-state index is -0.107. The molecule has 0 amide bonds. The molecule has 1 aliphatic heterocycles. The van der Waals surface area contributed by atoms with Crippen molar-refractivity contribution in [2.24, 2.45) is 0 Å². The van der Waals surface area contributed by atoms with Crippen molar-refractivity contribution < 1.29 is 0 Å². The minimum Gasteiger partial charge on any atom is -0.364 e. The summed E-state index contributed by atoms with van der Waals surface area (Å²) in [5.74, 6) is 0. The van der Waals surface area contributed by atoms with E-state index in [9.17, 15) is 4.79 Å². The molecule has 0 unspecified atom stereocenters. The van der Waals surface area contributed by atoms with E-state index in [4.69, 9.17) is 0 Å². The maximum absolute atomic E-state index is 12.0. The van der Waals surface area contributed by atoms with E-state index in [0.717, 1.165) is 36.6 Å². The number of hydrogen-bond donors (Lipinski definition) is 0. The third-order valence-corrected chi connectivity index (χ3v) is 5.08. The van der Waals surface area contributed by atoms with E-state index in [2.05, 4.69) is 40.1 Å². The van der Waals surface area contributed by atoms with Gasteiger partial charge in [0.05, 0.1) is 6.54 Å². The van der Waals surface area contributed by atoms with Gasteiger partial charge >= 0.3 is 0 Å². The van der Waals surface area contributed by atoms with Crippen molar-refractivity contribution in [1.29, 1.82) is 0 Å². The summed E-state index contributed by atoms with van der Waals surface area (Å²) in [5.41, 5.74) is 4.63. The molecule has 118 valence electrons. The van der Waals surface area contributed by atoms with Crippen molar-refractivity contribution in [3.8, 4) is 0 Å². The molecular formula is C17H18N4OS. The SMILES string of the molecule is Cc1ccc2c(c1)CCCN2Cc1nn2c(=O)cc(C)nc2s1. The highest BCUT2D eigenvalue weighted by Gasteiger charge is 2.19. The van der Waals surface area contributed by atoms with Crippen molar-refractivity contribution in [3.63, 3.8) is 0 Å². The number of anilines is 1. The van der Waals surface area contributed by atoms with Crippen LogP contribution in [-0.2, 0) is 13.0 Å². The van der Waals surface area contributed by atoms with Crippen LogP contribution in [0.5, 0.6) is 0 Å². The Hall–Kier alpha value is -2.21. The van der Waals surface area contributed by atoms with E-state index < -0.39 is 0 Å². The van der Waals surface area contributed by atoms with Gasteiger partial charge < -0.3 is 4.90 Å². The Morgan fingerprint density at radius 1 is 1.26 bits per heavy atom. The molecular weight excluding hydrogens is 308 g/mol. The van der Waals surface area contributed by atoms with E-state index in [0.29, 0.717) is 4.96 Å². The Labute approximate surface area is 138 Å². The van der Waals surface area contributed by atoms with Crippen LogP contribution >= 0.6 is 11.3 Å². The summed E-state index contributed by atoms with van der Waals surface area (Å²) in [5, 5.41) is 5.38. The normalized spacial score (nSPS) is 14.3. The van der Waals surface area contributed by atoms with E-state index >= 15 is 0 Å². The smallest absolute Gasteiger partial charge is 0.275 e. The number of benzene rings is 1. The lowest BCUT2D eigenvalue weighted by atomic mass is 10.00. The highest BCUT2D eigenvalue weighted by Crippen LogP contribution is 2.29. The zero-order valence-electron chi connectivity index (χ0n) is 13.2. The van der Waals surface area contributed by atoms with Crippen LogP contribution in [0.15, 0.2) is 29.1 Å². The fraction of sp³-hybridized carbons (Fsp3) is 0.353. The molecule has 3 heterocycles. The van der Waals surface area contributed by atoms with Crippen molar-refractivity contribution in [1.82, 2.24) is 14.6 Å². The molecule has 6 heteroatoms. The molecule has 0 fully saturated rings. The summed E-state index contributed by atoms with van der Waals surface area (Å²) in [6.07, 6.45) is 2.28. The monoisotopic (exact) mass is 326 g/mol. The summed E-state index contributed by atoms with van der Waals surface area (Å²) in [4.78, 5) is 19.4. The summed E-state index contributed by atoms with van der Waals surface area (Å²) in [6, 6.07) is 8.15. The first-order chi connectivity index (χ1) is 11.1. The molecule has 4 rings (SSSR count). The molecule has 2 aromatic heterocycles. The van der Waals surface area contributed by atoms with Crippen LogP contribution in [0.2, 0.25) is 0 Å². The van der Waals surface area contributed by atoms with Crippen molar-refractivity contribution >= 4 is 22.0 Å². The average molecular weight is 326 g/mol. The Bertz CT molecular complexity index is 943. The lowest BCUT2D eigenvalue weighted by Gasteiger charge is -2.30. The maximum Gasteiger partial charge on any atom is 0.275 e. The zero-order chi connectivity index (χ0) is 16.0. The van der Waals surface area contributed by atoms with E-state index in [-0.39, 0.29) is 5.56 Å². The number of aromatic nitrogens is 3. The second-order valence-corrected chi connectivity index (χ2v) is 7.12. The third-order valence-electron chi connectivity index (χ3n) is 4.19. The molecule has 1 aromatic carbocycles. The van der Waals surface area contributed by atoms with Crippen molar-refractivity contribution in [2.75, 3.05) is 11.4 Å². The summed E-state index contributed by atoms with van der Waals surface area (Å²) >= 11 is 1.50. The van der Waals surface area contributed by atoms with Crippen molar-refractivity contribution in [3.05, 3.63) is 56.4 Å². The molecule has 1 aliphatic rings. The summed E-state index contributed by atoms with van der Waals surface area (Å²) in [6.45, 7) is 5.72. The fourth-order valence-corrected chi connectivity index (χ4v) is 4.12. The van der Waals surface area contributed by atoms with Gasteiger partial charge in [0, 0.05) is 24.0 Å². The van der Waals surface area contributed by atoms with Gasteiger partial charge in [0.25, 0.3) is 5.56 Å². The molecule has 0 atom stereocenters. The number of nitrogens with zero attached hydrogens (tertiary/aromatic N) is 4. The van der Waals surface area contributed by atoms with Gasteiger partial charge in [-0.2, -0.15) is 9.61 Å². The highest BCUT2D eigenvalue weighted by molar-refractivity contribution is 7.16. The first kappa shape index (κ1) is 14.4. The van der Waals surface area contributed by atoms with Gasteiger partial charge in [0.2, 0.25) is 4.96 Å². The topological polar surface area (TPSA) is 50.5 Å². The molecule has 0 spiro atoms. The Balaban J connectivity index is 1.69. The van der Waals surface area contributed by atoms with Crippen LogP contribution in [0.25, 0.3) is 4.96 Å². The van der Waals surface area contributed by atoms with Crippen LogP contribution in [0, 0.1) is 13.8 Å². The van der Waals surface area contributed by atoms with Crippen LogP contribution in [0.4, 0.5) is 5.69 Å². The van der Waals surface area contributed by atoms with Crippen LogP contribution in [-0.4, -0.2) is 21.1 Å². The van der Waals surface area contributed by atoms with Gasteiger partial charge in [-0.3, -0.25) is 4.79 Å². The number of fused-ring (bicyclic) bond motifs is 2. The van der Waals surface area contributed by atoms with Gasteiger partial charge in [0.1, 0.15) is 5.01 Å². The lowest BCUT2D eigenvalue weighted by molar-refractivity contribution is 0.681. The predicted molar refractivity (Wildman–Crippen MR) is 92.4 cm³/mol. The molecule has 0 aliphatic carbocycles. The minimum absolute atomic E-state index is 0.107. The molecule has 23 heavy (non-hydrogen) atoms. The summed E-state index contributed by atoms with van der Waals surface area (Å²) in [7, 11) is 0. The van der Waals surface area contributed by atoms with Crippen molar-refractivity contribution in [2.45, 2.75) is 33.2 Å². The molecule has 0 saturated carbocycles. The fourth-order valence-electron chi connectivity index (χ4n) is 3.16. The number of rotatable bonds is 2. The van der Waals surface area contributed by atoms with Gasteiger partial charge in [-0.1, -0.05) is 29.0 Å². The van der Waals surface area contributed by atoms with Crippen LogP contribution < -0.4 is 10.5 Å². The van der Waals surface area contributed by atoms with E-state index in [1.165, 1.54) is 38.7 Å². The lowest BCUT2D eigenvalue weighted by Crippen LogP contribution is -2.29. The quantitative estimate of drug-likeness (QED) is 0.726. The predicted octanol–water partition coefficient (Wildman–Crippen LogP) is 2.72. The largest absolute Gasteiger partial charge is 0.364 e. The Morgan fingerprint density at radius 2 is 2.13 bits per heavy atom. The van der Waals surface area contributed by atoms with Gasteiger partial charge in [0.15, 0.2) is 0 Å². The molecule has 0 radical (unpaired) electrons. The van der Waals surface area contributed by atoms with Gasteiger partial charge in [-0.15, -0.1) is 0 Å². The average Bonchev–Trinajstić information content (AvgIpc) is 2.90. The first-order valence-electron chi connectivity index (χ1n) is 7.81. The Kier molecular flexibility index (Phi) is 3.41. The number of aryl methyl sites for hydroxylation is 3. The van der Waals surface area contributed by atoms with Crippen LogP contribution in [0.1, 0.15) is 28.2 Å². The zero-order valence-corrected chi connectivity index (χ0v) is 14.1. The van der Waals surface area contributed by atoms with E-state index in [1.54, 1.807) is 0 Å². The van der Waals surface area contributed by atoms with Gasteiger partial charge in [-0.25, -0.2) is 4.98 Å². The summed E-state index contributed by atoms with van der Waals surface area (Å²) < 4.78 is 1.41. The van der Waals surface area contributed by atoms with E-state index in [1.807, 2.05) is 6.92 Å². The molecule has 0 N–H and O–H groups in total. The number of hydrogen-bond acceptors (Lipinski definition) is 5. The first-order valence-corrected chi connectivity index (χ1v) is 8.63. The van der Waals surface area contributed by atoms with Gasteiger partial charge in [-0.05, 0) is 38.3 Å². The maximum atomic E-state index is 12.0. The molecule has 0 saturated heterocycles. The second-order valence-electron chi connectivity index (χ2n) is 6.08. The van der Waals surface area contributed by atoms with Crippen LogP contribution in [0.3, 0.4) is 0 Å². The molecule has 3 aromatic rings.